The minimum atomic E-state index is -4.08. The molecule has 10 heteroatoms. The lowest BCUT2D eigenvalue weighted by molar-refractivity contribution is -0.238. The molecule has 3 aliphatic rings. The summed E-state index contributed by atoms with van der Waals surface area (Å²) in [6.07, 6.45) is -2.86. The van der Waals surface area contributed by atoms with Gasteiger partial charge in [0, 0.05) is 0 Å². The number of rotatable bonds is 5. The molecule has 0 aromatic rings. The molecule has 0 bridgehead atoms. The lowest BCUT2D eigenvalue weighted by atomic mass is 9.99. The van der Waals surface area contributed by atoms with Gasteiger partial charge in [0.15, 0.2) is 17.9 Å². The van der Waals surface area contributed by atoms with Crippen LogP contribution in [-0.2, 0) is 42.4 Å². The van der Waals surface area contributed by atoms with Gasteiger partial charge in [0.25, 0.3) is 0 Å². The molecule has 0 aromatic heterocycles. The van der Waals surface area contributed by atoms with Crippen LogP contribution in [0.5, 0.6) is 0 Å². The second-order valence-corrected chi connectivity index (χ2v) is 8.10. The molecule has 3 rings (SSSR count). The zero-order valence-electron chi connectivity index (χ0n) is 14.4. The van der Waals surface area contributed by atoms with E-state index in [1.165, 1.54) is 0 Å². The van der Waals surface area contributed by atoms with Gasteiger partial charge in [0.1, 0.15) is 24.4 Å². The Morgan fingerprint density at radius 1 is 0.875 bits per heavy atom. The highest BCUT2D eigenvalue weighted by Crippen LogP contribution is 2.44. The summed E-state index contributed by atoms with van der Waals surface area (Å²) in [5, 5.41) is 0. The van der Waals surface area contributed by atoms with Crippen molar-refractivity contribution in [2.24, 2.45) is 0 Å². The van der Waals surface area contributed by atoms with E-state index in [1.54, 1.807) is 34.6 Å². The minimum absolute atomic E-state index is 0.0115. The third kappa shape index (κ3) is 3.75. The van der Waals surface area contributed by atoms with Gasteiger partial charge in [-0.15, -0.1) is 0 Å². The number of fused-ring (bicyclic) bond motifs is 3. The molecule has 140 valence electrons. The Hall–Kier alpha value is -0.330. The molecule has 0 aliphatic carbocycles. The highest BCUT2D eigenvalue weighted by molar-refractivity contribution is 7.81. The van der Waals surface area contributed by atoms with Gasteiger partial charge in [-0.1, -0.05) is 0 Å². The fourth-order valence-corrected chi connectivity index (χ4v) is 3.81. The maximum atomic E-state index is 11.6. The van der Waals surface area contributed by atoms with Crippen molar-refractivity contribution in [2.75, 3.05) is 13.2 Å². The predicted molar refractivity (Wildman–Crippen MR) is 79.0 cm³/mol. The second-order valence-electron chi connectivity index (χ2n) is 6.81. The largest absolute Gasteiger partial charge is 0.399 e. The van der Waals surface area contributed by atoms with Crippen LogP contribution < -0.4 is 0 Å². The fourth-order valence-electron chi connectivity index (χ4n) is 3.16. The van der Waals surface area contributed by atoms with Crippen LogP contribution in [-0.4, -0.2) is 63.9 Å². The van der Waals surface area contributed by atoms with E-state index in [4.69, 9.17) is 27.9 Å². The topological polar surface area (TPSA) is 98.8 Å². The summed E-state index contributed by atoms with van der Waals surface area (Å²) in [7, 11) is -4.08. The molecule has 3 aliphatic heterocycles. The Balaban J connectivity index is 1.75. The van der Waals surface area contributed by atoms with Gasteiger partial charge in [0.05, 0.1) is 13.2 Å². The van der Waals surface area contributed by atoms with Gasteiger partial charge in [0.2, 0.25) is 0 Å². The molecule has 0 radical (unpaired) electrons. The molecule has 1 unspecified atom stereocenters. The summed E-state index contributed by atoms with van der Waals surface area (Å²) < 4.78 is 61.8. The van der Waals surface area contributed by atoms with Crippen molar-refractivity contribution in [1.82, 2.24) is 0 Å². The normalized spacial score (nSPS) is 40.3. The standard InChI is InChI=1S/C14H24O9S/c1-6-17-24(15,16)18-7-8-9-10(21-13(2,3)20-9)11-12(19-8)23-14(4,5)22-11/h8-12H,6-7H2,1-5H3/t8-,9+,10+,11?,12-/m1/s1. The summed E-state index contributed by atoms with van der Waals surface area (Å²) in [6, 6.07) is 0. The zero-order valence-corrected chi connectivity index (χ0v) is 15.2. The Labute approximate surface area is 141 Å². The van der Waals surface area contributed by atoms with Crippen molar-refractivity contribution in [1.29, 1.82) is 0 Å². The quantitative estimate of drug-likeness (QED) is 0.693. The molecule has 0 aromatic carbocycles. The Bertz CT molecular complexity index is 573. The maximum Gasteiger partial charge on any atom is 0.399 e. The summed E-state index contributed by atoms with van der Waals surface area (Å²) in [6.45, 7) is 8.37. The van der Waals surface area contributed by atoms with Gasteiger partial charge in [-0.05, 0) is 34.6 Å². The van der Waals surface area contributed by atoms with E-state index in [1.807, 2.05) is 0 Å². The van der Waals surface area contributed by atoms with Crippen LogP contribution in [0.2, 0.25) is 0 Å². The third-order valence-electron chi connectivity index (χ3n) is 3.89. The minimum Gasteiger partial charge on any atom is -0.342 e. The van der Waals surface area contributed by atoms with Crippen molar-refractivity contribution >= 4 is 10.4 Å². The first-order valence-electron chi connectivity index (χ1n) is 7.92. The summed E-state index contributed by atoms with van der Waals surface area (Å²) >= 11 is 0. The summed E-state index contributed by atoms with van der Waals surface area (Å²) in [5.41, 5.74) is 0. The first-order valence-corrected chi connectivity index (χ1v) is 9.26. The molecule has 3 fully saturated rings. The average molecular weight is 368 g/mol. The van der Waals surface area contributed by atoms with E-state index in [0.29, 0.717) is 0 Å². The van der Waals surface area contributed by atoms with Gasteiger partial charge in [-0.3, -0.25) is 0 Å². The van der Waals surface area contributed by atoms with Crippen LogP contribution in [0, 0.1) is 0 Å². The van der Waals surface area contributed by atoms with Crippen molar-refractivity contribution in [2.45, 2.75) is 76.9 Å². The molecular weight excluding hydrogens is 344 g/mol. The van der Waals surface area contributed by atoms with E-state index in [9.17, 15) is 8.42 Å². The summed E-state index contributed by atoms with van der Waals surface area (Å²) in [5.74, 6) is -1.68. The number of hydrogen-bond acceptors (Lipinski definition) is 9. The van der Waals surface area contributed by atoms with E-state index < -0.39 is 52.7 Å². The molecule has 5 atom stereocenters. The van der Waals surface area contributed by atoms with E-state index >= 15 is 0 Å². The molecule has 0 N–H and O–H groups in total. The molecule has 0 amide bonds. The predicted octanol–water partition coefficient (Wildman–Crippen LogP) is 0.681. The number of hydrogen-bond donors (Lipinski definition) is 0. The highest BCUT2D eigenvalue weighted by Gasteiger charge is 2.60. The average Bonchev–Trinajstić information content (AvgIpc) is 2.90. The van der Waals surface area contributed by atoms with Crippen LogP contribution >= 0.6 is 0 Å². The van der Waals surface area contributed by atoms with Crippen molar-refractivity contribution in [3.63, 3.8) is 0 Å². The maximum absolute atomic E-state index is 11.6. The lowest BCUT2D eigenvalue weighted by Gasteiger charge is -2.36. The molecule has 3 saturated heterocycles. The van der Waals surface area contributed by atoms with Crippen LogP contribution in [0.4, 0.5) is 0 Å². The Morgan fingerprint density at radius 2 is 1.46 bits per heavy atom. The second kappa shape index (κ2) is 6.13. The molecule has 3 heterocycles. The van der Waals surface area contributed by atoms with E-state index in [-0.39, 0.29) is 13.2 Å². The van der Waals surface area contributed by atoms with Crippen LogP contribution in [0.25, 0.3) is 0 Å². The molecule has 9 nitrogen and oxygen atoms in total. The monoisotopic (exact) mass is 368 g/mol. The Morgan fingerprint density at radius 3 is 2.12 bits per heavy atom. The van der Waals surface area contributed by atoms with Crippen LogP contribution in [0.15, 0.2) is 0 Å². The smallest absolute Gasteiger partial charge is 0.342 e. The van der Waals surface area contributed by atoms with E-state index in [0.717, 1.165) is 0 Å². The van der Waals surface area contributed by atoms with E-state index in [2.05, 4.69) is 4.18 Å². The Kier molecular flexibility index (Phi) is 4.72. The van der Waals surface area contributed by atoms with Crippen LogP contribution in [0.1, 0.15) is 34.6 Å². The molecular formula is C14H24O9S. The molecule has 24 heavy (non-hydrogen) atoms. The zero-order chi connectivity index (χ0) is 17.8. The van der Waals surface area contributed by atoms with Gasteiger partial charge in [-0.25, -0.2) is 8.37 Å². The lowest BCUT2D eigenvalue weighted by Crippen LogP contribution is -2.56. The van der Waals surface area contributed by atoms with Gasteiger partial charge < -0.3 is 23.7 Å². The van der Waals surface area contributed by atoms with Gasteiger partial charge in [-0.2, -0.15) is 8.42 Å². The first kappa shape index (κ1) is 18.5. The summed E-state index contributed by atoms with van der Waals surface area (Å²) in [4.78, 5) is 0. The van der Waals surface area contributed by atoms with Crippen molar-refractivity contribution < 1.29 is 40.5 Å². The van der Waals surface area contributed by atoms with Crippen molar-refractivity contribution in [3.8, 4) is 0 Å². The number of ether oxygens (including phenoxy) is 5. The molecule has 0 spiro atoms. The fraction of sp³-hybridized carbons (Fsp3) is 1.00. The van der Waals surface area contributed by atoms with Crippen LogP contribution in [0.3, 0.4) is 0 Å². The first-order chi connectivity index (χ1) is 11.0. The molecule has 0 saturated carbocycles. The van der Waals surface area contributed by atoms with Crippen molar-refractivity contribution in [3.05, 3.63) is 0 Å². The van der Waals surface area contributed by atoms with Gasteiger partial charge >= 0.3 is 10.4 Å². The third-order valence-corrected chi connectivity index (χ3v) is 4.84. The SMILES string of the molecule is CCOS(=O)(=O)OC[C@H]1O[C@@H]2OC(C)(C)OC2[C@H]2OC(C)(C)O[C@H]21. The highest BCUT2D eigenvalue weighted by atomic mass is 32.3.